The van der Waals surface area contributed by atoms with E-state index in [1.807, 2.05) is 39.1 Å². The Balaban J connectivity index is 1.12. The predicted octanol–water partition coefficient (Wildman–Crippen LogP) is 6.73. The SMILES string of the molecule is CO[C@@H](C)c1ncccc1-c1c2c3cc(ccc3n1CCOC(C)C)-c1csc(n1)[C@@H](N1CC3(CCCN3C)C1)[C@H](NC(=O)[C@@H]1[C@@H](C)[C@H]1c1ccncn1)C(=O)N1CCC[C@H](N1)C(=O)OCC(C)(C)C2. The molecule has 2 amide bonds. The second-order valence-electron chi connectivity index (χ2n) is 21.4. The summed E-state index contributed by atoms with van der Waals surface area (Å²) in [5.41, 5.74) is 10.3. The van der Waals surface area contributed by atoms with Crippen molar-refractivity contribution in [3.05, 3.63) is 82.5 Å². The Bertz CT molecular complexity index is 2740. The van der Waals surface area contributed by atoms with Gasteiger partial charge in [0.1, 0.15) is 23.4 Å². The van der Waals surface area contributed by atoms with Crippen molar-refractivity contribution in [2.24, 2.45) is 17.3 Å². The van der Waals surface area contributed by atoms with Gasteiger partial charge in [0.2, 0.25) is 5.91 Å². The average Bonchev–Trinajstić information content (AvgIpc) is 3.62. The van der Waals surface area contributed by atoms with Gasteiger partial charge in [-0.15, -0.1) is 11.3 Å². The molecule has 16 nitrogen and oxygen atoms in total. The van der Waals surface area contributed by atoms with Crippen molar-refractivity contribution >= 4 is 40.0 Å². The van der Waals surface area contributed by atoms with Crippen molar-refractivity contribution < 1.29 is 28.6 Å². The number of benzene rings is 1. The van der Waals surface area contributed by atoms with E-state index in [1.54, 1.807) is 18.3 Å². The molecule has 10 rings (SSSR count). The van der Waals surface area contributed by atoms with Crippen molar-refractivity contribution in [2.75, 3.05) is 53.6 Å². The van der Waals surface area contributed by atoms with Gasteiger partial charge in [-0.05, 0) is 108 Å². The number of carbonyl (C=O) groups is 3. The molecule has 6 bridgehead atoms. The van der Waals surface area contributed by atoms with Crippen LogP contribution in [-0.4, -0.2) is 134 Å². The van der Waals surface area contributed by atoms with Crippen LogP contribution in [0.5, 0.6) is 0 Å². The van der Waals surface area contributed by atoms with Gasteiger partial charge in [-0.25, -0.2) is 20.4 Å². The highest BCUT2D eigenvalue weighted by Gasteiger charge is 2.57. The molecule has 0 unspecified atom stereocenters. The number of hydrogen-bond donors (Lipinski definition) is 2. The van der Waals surface area contributed by atoms with E-state index in [0.29, 0.717) is 39.0 Å². The van der Waals surface area contributed by atoms with Crippen LogP contribution in [0.2, 0.25) is 0 Å². The molecule has 7 atom stereocenters. The quantitative estimate of drug-likeness (QED) is 0.134. The minimum absolute atomic E-state index is 0.0134. The summed E-state index contributed by atoms with van der Waals surface area (Å²) >= 11 is 1.52. The van der Waals surface area contributed by atoms with E-state index in [1.165, 1.54) is 17.7 Å². The van der Waals surface area contributed by atoms with Gasteiger partial charge in [0.05, 0.1) is 48.5 Å². The molecule has 0 radical (unpaired) electrons. The molecular formula is C53H68N10O6S. The molecule has 1 spiro atoms. The zero-order valence-corrected chi connectivity index (χ0v) is 42.6. The lowest BCUT2D eigenvalue weighted by molar-refractivity contribution is -0.156. The number of fused-ring (bicyclic) bond motifs is 6. The Kier molecular flexibility index (Phi) is 13.5. The molecule has 5 aromatic rings. The monoisotopic (exact) mass is 973 g/mol. The van der Waals surface area contributed by atoms with E-state index in [0.717, 1.165) is 87.9 Å². The summed E-state index contributed by atoms with van der Waals surface area (Å²) in [5, 5.41) is 8.77. The van der Waals surface area contributed by atoms with Crippen LogP contribution in [0.25, 0.3) is 33.4 Å². The van der Waals surface area contributed by atoms with E-state index in [2.05, 4.69) is 92.5 Å². The maximum atomic E-state index is 15.4. The molecule has 5 aliphatic rings. The summed E-state index contributed by atoms with van der Waals surface area (Å²) in [4.78, 5) is 68.1. The molecule has 4 aliphatic heterocycles. The van der Waals surface area contributed by atoms with Crippen LogP contribution in [0, 0.1) is 17.3 Å². The maximum Gasteiger partial charge on any atom is 0.324 e. The Morgan fingerprint density at radius 2 is 1.90 bits per heavy atom. The second kappa shape index (κ2) is 19.4. The van der Waals surface area contributed by atoms with E-state index >= 15 is 4.79 Å². The number of thiazole rings is 1. The zero-order valence-electron chi connectivity index (χ0n) is 41.8. The Morgan fingerprint density at radius 3 is 2.64 bits per heavy atom. The highest BCUT2D eigenvalue weighted by Crippen LogP contribution is 2.53. The first-order valence-electron chi connectivity index (χ1n) is 25.1. The summed E-state index contributed by atoms with van der Waals surface area (Å²) in [6, 6.07) is 10.1. The molecule has 1 aliphatic carbocycles. The van der Waals surface area contributed by atoms with Crippen LogP contribution in [-0.2, 0) is 41.6 Å². The second-order valence-corrected chi connectivity index (χ2v) is 22.3. The van der Waals surface area contributed by atoms with Gasteiger partial charge in [0.25, 0.3) is 5.91 Å². The molecule has 8 heterocycles. The zero-order chi connectivity index (χ0) is 49.1. The van der Waals surface area contributed by atoms with Crippen LogP contribution in [0.4, 0.5) is 0 Å². The van der Waals surface area contributed by atoms with Gasteiger partial charge in [0.15, 0.2) is 0 Å². The number of amides is 2. The highest BCUT2D eigenvalue weighted by atomic mass is 32.1. The molecule has 1 aromatic carbocycles. The number of nitrogens with one attached hydrogen (secondary N) is 2. The highest BCUT2D eigenvalue weighted by molar-refractivity contribution is 7.10. The van der Waals surface area contributed by atoms with Gasteiger partial charge in [-0.2, -0.15) is 0 Å². The molecule has 70 heavy (non-hydrogen) atoms. The number of likely N-dealkylation sites (N-methyl/N-ethyl adjacent to an activating group) is 1. The number of ether oxygens (including phenoxy) is 3. The van der Waals surface area contributed by atoms with Crippen molar-refractivity contribution in [3.8, 4) is 22.5 Å². The number of methoxy groups -OCH3 is 1. The van der Waals surface area contributed by atoms with Crippen LogP contribution >= 0.6 is 11.3 Å². The molecule has 1 saturated carbocycles. The number of rotatable bonds is 11. The lowest BCUT2D eigenvalue weighted by atomic mass is 9.84. The minimum Gasteiger partial charge on any atom is -0.464 e. The fraction of sp³-hybridized carbons (Fsp3) is 0.566. The average molecular weight is 973 g/mol. The fourth-order valence-electron chi connectivity index (χ4n) is 11.7. The summed E-state index contributed by atoms with van der Waals surface area (Å²) in [7, 11) is 3.89. The number of pyridine rings is 1. The molecule has 372 valence electrons. The Morgan fingerprint density at radius 1 is 1.07 bits per heavy atom. The van der Waals surface area contributed by atoms with Gasteiger partial charge in [0, 0.05) is 102 Å². The number of esters is 1. The summed E-state index contributed by atoms with van der Waals surface area (Å²) in [6.45, 7) is 16.5. The van der Waals surface area contributed by atoms with E-state index < -0.39 is 29.5 Å². The van der Waals surface area contributed by atoms with Crippen LogP contribution in [0.1, 0.15) is 107 Å². The molecule has 4 fully saturated rings. The first-order valence-corrected chi connectivity index (χ1v) is 26.0. The van der Waals surface area contributed by atoms with Crippen molar-refractivity contribution in [3.63, 3.8) is 0 Å². The summed E-state index contributed by atoms with van der Waals surface area (Å²) in [5.74, 6) is -1.36. The predicted molar refractivity (Wildman–Crippen MR) is 267 cm³/mol. The number of nitrogens with zero attached hydrogens (tertiary/aromatic N) is 8. The molecule has 3 saturated heterocycles. The normalized spacial score (nSPS) is 26.3. The standard InChI is InChI=1S/C53H68N10O6S/c1-31(2)68-23-22-62-41-15-14-34-24-36(41)37(46(62)35-12-9-18-55-44(35)33(4)67-8)25-52(5,6)29-69-51(66)39-13-10-21-63(59-39)50(65)45(58-48(64)43-32(3)42(43)38-16-19-54-30-56-38)47(49-57-40(34)26-70-49)61-27-53(28-61)17-11-20-60(53)7/h9,12,14-16,18-19,24,26,30-33,39,42-43,45,47,59H,10-11,13,17,20-23,25,27-29H2,1-8H3,(H,58,64)/t32-,33-,39-,42-,43+,45-,47-/m0/s1. The molecule has 17 heteroatoms. The van der Waals surface area contributed by atoms with E-state index in [-0.39, 0.29) is 53.9 Å². The lowest BCUT2D eigenvalue weighted by Gasteiger charge is -2.55. The van der Waals surface area contributed by atoms with Gasteiger partial charge < -0.3 is 24.1 Å². The van der Waals surface area contributed by atoms with Crippen LogP contribution < -0.4 is 10.7 Å². The van der Waals surface area contributed by atoms with Crippen molar-refractivity contribution in [2.45, 2.75) is 122 Å². The first-order chi connectivity index (χ1) is 33.7. The molecule has 2 N–H and O–H groups in total. The van der Waals surface area contributed by atoms with Gasteiger partial charge in [-0.1, -0.05) is 26.8 Å². The first kappa shape index (κ1) is 48.5. The van der Waals surface area contributed by atoms with Crippen LogP contribution in [0.15, 0.2) is 60.5 Å². The topological polar surface area (TPSA) is 169 Å². The van der Waals surface area contributed by atoms with Crippen molar-refractivity contribution in [1.29, 1.82) is 0 Å². The van der Waals surface area contributed by atoms with E-state index in [4.69, 9.17) is 24.2 Å². The van der Waals surface area contributed by atoms with Gasteiger partial charge in [-0.3, -0.25) is 34.2 Å². The lowest BCUT2D eigenvalue weighted by Crippen LogP contribution is -2.70. The molecular weight excluding hydrogens is 905 g/mol. The third-order valence-electron chi connectivity index (χ3n) is 15.7. The fourth-order valence-corrected chi connectivity index (χ4v) is 12.7. The van der Waals surface area contributed by atoms with Gasteiger partial charge >= 0.3 is 5.97 Å². The summed E-state index contributed by atoms with van der Waals surface area (Å²) in [6.07, 6.45) is 8.63. The third kappa shape index (κ3) is 9.17. The number of likely N-dealkylation sites (tertiary alicyclic amines) is 2. The number of hydrogen-bond acceptors (Lipinski definition) is 14. The largest absolute Gasteiger partial charge is 0.464 e. The summed E-state index contributed by atoms with van der Waals surface area (Å²) < 4.78 is 20.7. The number of aromatic nitrogens is 5. The number of hydrazine groups is 1. The minimum atomic E-state index is -1.02. The van der Waals surface area contributed by atoms with E-state index in [9.17, 15) is 9.59 Å². The Hall–Kier alpha value is -5.17. The number of cyclic esters (lactones) is 1. The van der Waals surface area contributed by atoms with Crippen LogP contribution in [0.3, 0.4) is 0 Å². The van der Waals surface area contributed by atoms with Crippen molar-refractivity contribution in [1.82, 2.24) is 50.1 Å². The number of carbonyl (C=O) groups excluding carboxylic acids is 3. The third-order valence-corrected chi connectivity index (χ3v) is 16.6. The maximum absolute atomic E-state index is 15.4. The molecule has 4 aromatic heterocycles. The Labute approximate surface area is 414 Å². The smallest absolute Gasteiger partial charge is 0.324 e.